The number of hydrogen-bond acceptors (Lipinski definition) is 5. The first-order valence-electron chi connectivity index (χ1n) is 11.8. The molecular formula is C25H36N6O. The molecule has 1 N–H and O–H groups in total. The summed E-state index contributed by atoms with van der Waals surface area (Å²) in [4.78, 5) is 22.9. The molecule has 172 valence electrons. The fourth-order valence-corrected chi connectivity index (χ4v) is 4.99. The first kappa shape index (κ1) is 22.4. The van der Waals surface area contributed by atoms with Crippen LogP contribution in [0.25, 0.3) is 10.9 Å². The van der Waals surface area contributed by atoms with E-state index in [2.05, 4.69) is 50.2 Å². The van der Waals surface area contributed by atoms with E-state index < -0.39 is 0 Å². The largest absolute Gasteiger partial charge is 0.372 e. The van der Waals surface area contributed by atoms with Gasteiger partial charge in [0.2, 0.25) is 5.95 Å². The van der Waals surface area contributed by atoms with Crippen molar-refractivity contribution in [2.24, 2.45) is 7.05 Å². The van der Waals surface area contributed by atoms with Crippen LogP contribution in [-0.4, -0.2) is 64.6 Å². The average Bonchev–Trinajstić information content (AvgIpc) is 3.29. The van der Waals surface area contributed by atoms with Gasteiger partial charge in [-0.1, -0.05) is 32.0 Å². The zero-order valence-electron chi connectivity index (χ0n) is 20.1. The standard InChI is InChI=1S/C25H36N6O/c1-6-12-31-20(7-2)24(26-4)27-25(31)30-15-13-29(14-16-30)17-22(32)23-18(3)28(5)21-11-9-8-10-19(21)23/h8-11,26H,6-7,12-17H2,1-5H3. The fraction of sp³-hybridized carbons (Fsp3) is 0.520. The number of nitrogens with zero attached hydrogens (tertiary/aromatic N) is 5. The lowest BCUT2D eigenvalue weighted by molar-refractivity contribution is 0.0927. The molecule has 0 saturated carbocycles. The van der Waals surface area contributed by atoms with Gasteiger partial charge >= 0.3 is 0 Å². The highest BCUT2D eigenvalue weighted by atomic mass is 16.1. The zero-order valence-corrected chi connectivity index (χ0v) is 20.1. The molecule has 1 fully saturated rings. The highest BCUT2D eigenvalue weighted by Gasteiger charge is 2.26. The van der Waals surface area contributed by atoms with Gasteiger partial charge in [-0.3, -0.25) is 9.69 Å². The Morgan fingerprint density at radius 3 is 2.50 bits per heavy atom. The van der Waals surface area contributed by atoms with Crippen LogP contribution in [0.4, 0.5) is 11.8 Å². The number of ketones is 1. The molecule has 1 saturated heterocycles. The number of aromatic nitrogens is 3. The third-order valence-electron chi connectivity index (χ3n) is 6.77. The first-order valence-corrected chi connectivity index (χ1v) is 11.8. The third-order valence-corrected chi connectivity index (χ3v) is 6.77. The molecule has 32 heavy (non-hydrogen) atoms. The molecule has 2 aromatic heterocycles. The highest BCUT2D eigenvalue weighted by Crippen LogP contribution is 2.27. The normalized spacial score (nSPS) is 15.0. The second-order valence-electron chi connectivity index (χ2n) is 8.69. The van der Waals surface area contributed by atoms with Crippen LogP contribution in [0.1, 0.15) is 42.0 Å². The van der Waals surface area contributed by atoms with Crippen molar-refractivity contribution in [3.63, 3.8) is 0 Å². The van der Waals surface area contributed by atoms with Crippen LogP contribution in [0.3, 0.4) is 0 Å². The van der Waals surface area contributed by atoms with Crippen molar-refractivity contribution in [3.05, 3.63) is 41.2 Å². The van der Waals surface area contributed by atoms with Gasteiger partial charge in [0.1, 0.15) is 5.82 Å². The Morgan fingerprint density at radius 2 is 1.84 bits per heavy atom. The molecule has 0 amide bonds. The third kappa shape index (κ3) is 3.90. The Bertz CT molecular complexity index is 1100. The Labute approximate surface area is 191 Å². The molecule has 0 spiro atoms. The maximum atomic E-state index is 13.3. The van der Waals surface area contributed by atoms with Crippen LogP contribution in [0.5, 0.6) is 0 Å². The van der Waals surface area contributed by atoms with Gasteiger partial charge in [-0.05, 0) is 25.8 Å². The number of aryl methyl sites for hydroxylation is 1. The maximum absolute atomic E-state index is 13.3. The van der Waals surface area contributed by atoms with Crippen LogP contribution < -0.4 is 10.2 Å². The summed E-state index contributed by atoms with van der Waals surface area (Å²) in [6.45, 7) is 11.4. The summed E-state index contributed by atoms with van der Waals surface area (Å²) < 4.78 is 4.49. The Hall–Kier alpha value is -2.80. The maximum Gasteiger partial charge on any atom is 0.207 e. The molecule has 0 aliphatic carbocycles. The summed E-state index contributed by atoms with van der Waals surface area (Å²) in [6, 6.07) is 8.19. The predicted octanol–water partition coefficient (Wildman–Crippen LogP) is 3.70. The fourth-order valence-electron chi connectivity index (χ4n) is 4.99. The van der Waals surface area contributed by atoms with E-state index in [0.717, 1.165) is 79.5 Å². The van der Waals surface area contributed by atoms with E-state index in [1.807, 2.05) is 33.2 Å². The van der Waals surface area contributed by atoms with Gasteiger partial charge in [-0.15, -0.1) is 0 Å². The van der Waals surface area contributed by atoms with Crippen molar-refractivity contribution in [1.82, 2.24) is 19.0 Å². The van der Waals surface area contributed by atoms with Gasteiger partial charge < -0.3 is 19.4 Å². The smallest absolute Gasteiger partial charge is 0.207 e. The summed E-state index contributed by atoms with van der Waals surface area (Å²) in [5.41, 5.74) is 4.31. The first-order chi connectivity index (χ1) is 15.5. The molecule has 1 aliphatic rings. The van der Waals surface area contributed by atoms with Crippen LogP contribution in [-0.2, 0) is 20.0 Å². The topological polar surface area (TPSA) is 58.3 Å². The molecule has 0 unspecified atom stereocenters. The predicted molar refractivity (Wildman–Crippen MR) is 132 cm³/mol. The van der Waals surface area contributed by atoms with Crippen LogP contribution in [0.15, 0.2) is 24.3 Å². The number of piperazine rings is 1. The van der Waals surface area contributed by atoms with E-state index in [-0.39, 0.29) is 5.78 Å². The van der Waals surface area contributed by atoms with E-state index in [0.29, 0.717) is 6.54 Å². The van der Waals surface area contributed by atoms with Gasteiger partial charge in [0, 0.05) is 69.0 Å². The minimum Gasteiger partial charge on any atom is -0.372 e. The van der Waals surface area contributed by atoms with Gasteiger partial charge in [0.15, 0.2) is 5.78 Å². The van der Waals surface area contributed by atoms with Crippen molar-refractivity contribution in [2.45, 2.75) is 40.2 Å². The van der Waals surface area contributed by atoms with Crippen molar-refractivity contribution in [3.8, 4) is 0 Å². The van der Waals surface area contributed by atoms with Crippen LogP contribution >= 0.6 is 0 Å². The number of Topliss-reactive ketones (excluding diaryl/α,β-unsaturated/α-hetero) is 1. The Morgan fingerprint density at radius 1 is 1.12 bits per heavy atom. The van der Waals surface area contributed by atoms with Gasteiger partial charge in [-0.25, -0.2) is 0 Å². The Balaban J connectivity index is 1.47. The molecule has 3 heterocycles. The second kappa shape index (κ2) is 9.36. The number of nitrogens with one attached hydrogen (secondary N) is 1. The summed E-state index contributed by atoms with van der Waals surface area (Å²) in [5, 5.41) is 4.32. The molecule has 3 aromatic rings. The molecule has 1 aromatic carbocycles. The summed E-state index contributed by atoms with van der Waals surface area (Å²) in [7, 11) is 3.98. The lowest BCUT2D eigenvalue weighted by Gasteiger charge is -2.35. The molecule has 0 atom stereocenters. The van der Waals surface area contributed by atoms with Crippen LogP contribution in [0, 0.1) is 6.92 Å². The average molecular weight is 437 g/mol. The van der Waals surface area contributed by atoms with E-state index >= 15 is 0 Å². The molecule has 1 aliphatic heterocycles. The minimum absolute atomic E-state index is 0.214. The lowest BCUT2D eigenvalue weighted by atomic mass is 10.1. The minimum atomic E-state index is 0.214. The monoisotopic (exact) mass is 436 g/mol. The zero-order chi connectivity index (χ0) is 22.8. The number of rotatable bonds is 8. The molecular weight excluding hydrogens is 400 g/mol. The number of carbonyl (C=O) groups is 1. The van der Waals surface area contributed by atoms with E-state index in [9.17, 15) is 4.79 Å². The molecule has 7 nitrogen and oxygen atoms in total. The number of fused-ring (bicyclic) bond motifs is 1. The second-order valence-corrected chi connectivity index (χ2v) is 8.69. The number of carbonyl (C=O) groups excluding carboxylic acids is 1. The lowest BCUT2D eigenvalue weighted by Crippen LogP contribution is -2.48. The number of imidazole rings is 1. The van der Waals surface area contributed by atoms with E-state index in [1.165, 1.54) is 5.69 Å². The summed E-state index contributed by atoms with van der Waals surface area (Å²) in [6.07, 6.45) is 2.04. The number of benzene rings is 1. The van der Waals surface area contributed by atoms with Crippen molar-refractivity contribution < 1.29 is 4.79 Å². The van der Waals surface area contributed by atoms with Crippen molar-refractivity contribution >= 4 is 28.5 Å². The highest BCUT2D eigenvalue weighted by molar-refractivity contribution is 6.10. The molecule has 0 bridgehead atoms. The number of anilines is 2. The number of hydrogen-bond donors (Lipinski definition) is 1. The van der Waals surface area contributed by atoms with Gasteiger partial charge in [0.25, 0.3) is 0 Å². The molecule has 7 heteroatoms. The van der Waals surface area contributed by atoms with Gasteiger partial charge in [-0.2, -0.15) is 4.98 Å². The quantitative estimate of drug-likeness (QED) is 0.546. The van der Waals surface area contributed by atoms with Crippen molar-refractivity contribution in [1.29, 1.82) is 0 Å². The molecule has 4 rings (SSSR count). The van der Waals surface area contributed by atoms with Crippen LogP contribution in [0.2, 0.25) is 0 Å². The SMILES string of the molecule is CCCn1c(N2CCN(CC(=O)c3c(C)n(C)c4ccccc34)CC2)nc(NC)c1CC. The van der Waals surface area contributed by atoms with E-state index in [4.69, 9.17) is 4.98 Å². The molecule has 0 radical (unpaired) electrons. The number of para-hydroxylation sites is 1. The summed E-state index contributed by atoms with van der Waals surface area (Å²) >= 11 is 0. The Kier molecular flexibility index (Phi) is 6.55. The van der Waals surface area contributed by atoms with Crippen molar-refractivity contribution in [2.75, 3.05) is 50.0 Å². The van der Waals surface area contributed by atoms with Gasteiger partial charge in [0.05, 0.1) is 12.2 Å². The summed E-state index contributed by atoms with van der Waals surface area (Å²) in [5.74, 6) is 2.26. The van der Waals surface area contributed by atoms with E-state index in [1.54, 1.807) is 0 Å².